The summed E-state index contributed by atoms with van der Waals surface area (Å²) < 4.78 is 0. The van der Waals surface area contributed by atoms with Crippen molar-refractivity contribution in [3.05, 3.63) is 0 Å². The average Bonchev–Trinajstić information content (AvgIpc) is 2.24. The van der Waals surface area contributed by atoms with Gasteiger partial charge in [0.2, 0.25) is 5.91 Å². The van der Waals surface area contributed by atoms with Crippen LogP contribution >= 0.6 is 0 Å². The van der Waals surface area contributed by atoms with Crippen LogP contribution in [0.25, 0.3) is 0 Å². The van der Waals surface area contributed by atoms with Crippen molar-refractivity contribution in [2.45, 2.75) is 59.9 Å². The minimum Gasteiger partial charge on any atom is -0.355 e. The second-order valence-electron chi connectivity index (χ2n) is 6.51. The first kappa shape index (κ1) is 18.4. The molecule has 0 heterocycles. The standard InChI is InChI=1S/C15H33N3O/c1-6-9-18(7-2)10-8-17-14(19)11-13(16)12-15(3,4)5/h13H,6-12,16H2,1-5H3,(H,17,19). The van der Waals surface area contributed by atoms with E-state index in [4.69, 9.17) is 5.73 Å². The smallest absolute Gasteiger partial charge is 0.221 e. The predicted molar refractivity (Wildman–Crippen MR) is 82.1 cm³/mol. The first-order chi connectivity index (χ1) is 8.78. The van der Waals surface area contributed by atoms with E-state index in [9.17, 15) is 4.79 Å². The van der Waals surface area contributed by atoms with Gasteiger partial charge in [-0.3, -0.25) is 4.79 Å². The van der Waals surface area contributed by atoms with Crippen LogP contribution in [-0.4, -0.2) is 43.0 Å². The fourth-order valence-corrected chi connectivity index (χ4v) is 2.27. The van der Waals surface area contributed by atoms with Crippen LogP contribution in [0, 0.1) is 5.41 Å². The van der Waals surface area contributed by atoms with E-state index in [1.54, 1.807) is 0 Å². The first-order valence-electron chi connectivity index (χ1n) is 7.53. The molecular weight excluding hydrogens is 238 g/mol. The zero-order valence-electron chi connectivity index (χ0n) is 13.5. The van der Waals surface area contributed by atoms with Gasteiger partial charge in [0.25, 0.3) is 0 Å². The maximum atomic E-state index is 11.8. The SMILES string of the molecule is CCCN(CC)CCNC(=O)CC(N)CC(C)(C)C. The fraction of sp³-hybridized carbons (Fsp3) is 0.933. The Labute approximate surface area is 119 Å². The Balaban J connectivity index is 3.80. The lowest BCUT2D eigenvalue weighted by Gasteiger charge is -2.23. The lowest BCUT2D eigenvalue weighted by atomic mass is 9.87. The van der Waals surface area contributed by atoms with Crippen LogP contribution in [0.4, 0.5) is 0 Å². The molecule has 1 atom stereocenters. The Bertz CT molecular complexity index is 248. The van der Waals surface area contributed by atoms with Crippen molar-refractivity contribution in [3.8, 4) is 0 Å². The quantitative estimate of drug-likeness (QED) is 0.674. The van der Waals surface area contributed by atoms with Crippen LogP contribution in [0.3, 0.4) is 0 Å². The highest BCUT2D eigenvalue weighted by atomic mass is 16.1. The molecule has 114 valence electrons. The third-order valence-corrected chi connectivity index (χ3v) is 3.06. The average molecular weight is 271 g/mol. The molecule has 0 saturated carbocycles. The molecular formula is C15H33N3O. The topological polar surface area (TPSA) is 58.4 Å². The highest BCUT2D eigenvalue weighted by molar-refractivity contribution is 5.76. The molecule has 0 aromatic heterocycles. The van der Waals surface area contributed by atoms with Crippen LogP contribution in [-0.2, 0) is 4.79 Å². The minimum atomic E-state index is -0.0436. The van der Waals surface area contributed by atoms with E-state index in [1.165, 1.54) is 0 Å². The molecule has 0 spiro atoms. The van der Waals surface area contributed by atoms with Crippen molar-refractivity contribution >= 4 is 5.91 Å². The fourth-order valence-electron chi connectivity index (χ4n) is 2.27. The van der Waals surface area contributed by atoms with E-state index >= 15 is 0 Å². The van der Waals surface area contributed by atoms with Gasteiger partial charge in [-0.05, 0) is 31.3 Å². The largest absolute Gasteiger partial charge is 0.355 e. The highest BCUT2D eigenvalue weighted by Gasteiger charge is 2.17. The van der Waals surface area contributed by atoms with Gasteiger partial charge < -0.3 is 16.0 Å². The van der Waals surface area contributed by atoms with E-state index < -0.39 is 0 Å². The second kappa shape index (κ2) is 9.32. The molecule has 0 aliphatic carbocycles. The molecule has 0 aliphatic heterocycles. The molecule has 0 saturated heterocycles. The van der Waals surface area contributed by atoms with Crippen LogP contribution in [0.1, 0.15) is 53.9 Å². The van der Waals surface area contributed by atoms with Crippen molar-refractivity contribution in [2.24, 2.45) is 11.1 Å². The lowest BCUT2D eigenvalue weighted by molar-refractivity contribution is -0.121. The van der Waals surface area contributed by atoms with E-state index in [0.717, 1.165) is 39.0 Å². The molecule has 4 heteroatoms. The molecule has 0 radical (unpaired) electrons. The summed E-state index contributed by atoms with van der Waals surface area (Å²) in [4.78, 5) is 14.1. The number of amides is 1. The van der Waals surface area contributed by atoms with Crippen LogP contribution < -0.4 is 11.1 Å². The van der Waals surface area contributed by atoms with Gasteiger partial charge in [0.15, 0.2) is 0 Å². The summed E-state index contributed by atoms with van der Waals surface area (Å²) in [7, 11) is 0. The number of carbonyl (C=O) groups is 1. The molecule has 19 heavy (non-hydrogen) atoms. The molecule has 0 aromatic rings. The summed E-state index contributed by atoms with van der Waals surface area (Å²) in [5.41, 5.74) is 6.18. The molecule has 0 rings (SSSR count). The number of nitrogens with one attached hydrogen (secondary N) is 1. The third kappa shape index (κ3) is 11.0. The number of nitrogens with zero attached hydrogens (tertiary/aromatic N) is 1. The minimum absolute atomic E-state index is 0.0436. The van der Waals surface area contributed by atoms with Crippen molar-refractivity contribution in [1.82, 2.24) is 10.2 Å². The normalized spacial score (nSPS) is 13.6. The summed E-state index contributed by atoms with van der Waals surface area (Å²) in [5, 5.41) is 2.96. The number of hydrogen-bond donors (Lipinski definition) is 2. The Morgan fingerprint density at radius 2 is 1.89 bits per heavy atom. The molecule has 1 amide bonds. The van der Waals surface area contributed by atoms with Crippen LogP contribution in [0.2, 0.25) is 0 Å². The van der Waals surface area contributed by atoms with E-state index in [2.05, 4.69) is 44.8 Å². The summed E-state index contributed by atoms with van der Waals surface area (Å²) in [6.07, 6.45) is 2.45. The number of likely N-dealkylation sites (N-methyl/N-ethyl adjacent to an activating group) is 1. The van der Waals surface area contributed by atoms with Crippen LogP contribution in [0.5, 0.6) is 0 Å². The predicted octanol–water partition coefficient (Wildman–Crippen LogP) is 1.99. The Morgan fingerprint density at radius 1 is 1.26 bits per heavy atom. The molecule has 0 aromatic carbocycles. The molecule has 0 fully saturated rings. The Morgan fingerprint density at radius 3 is 2.37 bits per heavy atom. The molecule has 1 unspecified atom stereocenters. The zero-order chi connectivity index (χ0) is 14.9. The van der Waals surface area contributed by atoms with Gasteiger partial charge in [-0.1, -0.05) is 34.6 Å². The van der Waals surface area contributed by atoms with Gasteiger partial charge in [-0.2, -0.15) is 0 Å². The van der Waals surface area contributed by atoms with Gasteiger partial charge in [0.05, 0.1) is 0 Å². The number of carbonyl (C=O) groups excluding carboxylic acids is 1. The van der Waals surface area contributed by atoms with Gasteiger partial charge in [0, 0.05) is 25.6 Å². The monoisotopic (exact) mass is 271 g/mol. The number of rotatable bonds is 9. The van der Waals surface area contributed by atoms with E-state index in [-0.39, 0.29) is 17.4 Å². The van der Waals surface area contributed by atoms with Crippen LogP contribution in [0.15, 0.2) is 0 Å². The Kier molecular flexibility index (Phi) is 9.02. The summed E-state index contributed by atoms with van der Waals surface area (Å²) in [5.74, 6) is 0.0734. The number of nitrogens with two attached hydrogens (primary N) is 1. The zero-order valence-corrected chi connectivity index (χ0v) is 13.5. The van der Waals surface area contributed by atoms with Gasteiger partial charge in [-0.15, -0.1) is 0 Å². The third-order valence-electron chi connectivity index (χ3n) is 3.06. The van der Waals surface area contributed by atoms with Crippen molar-refractivity contribution in [3.63, 3.8) is 0 Å². The molecule has 4 nitrogen and oxygen atoms in total. The van der Waals surface area contributed by atoms with E-state index in [1.807, 2.05) is 0 Å². The van der Waals surface area contributed by atoms with Crippen molar-refractivity contribution < 1.29 is 4.79 Å². The summed E-state index contributed by atoms with van der Waals surface area (Å²) in [6.45, 7) is 14.5. The lowest BCUT2D eigenvalue weighted by Crippen LogP contribution is -2.38. The summed E-state index contributed by atoms with van der Waals surface area (Å²) in [6, 6.07) is -0.0436. The maximum Gasteiger partial charge on any atom is 0.221 e. The molecule has 3 N–H and O–H groups in total. The highest BCUT2D eigenvalue weighted by Crippen LogP contribution is 2.20. The summed E-state index contributed by atoms with van der Waals surface area (Å²) >= 11 is 0. The second-order valence-corrected chi connectivity index (χ2v) is 6.51. The van der Waals surface area contributed by atoms with E-state index in [0.29, 0.717) is 6.42 Å². The van der Waals surface area contributed by atoms with Gasteiger partial charge in [-0.25, -0.2) is 0 Å². The van der Waals surface area contributed by atoms with Gasteiger partial charge >= 0.3 is 0 Å². The van der Waals surface area contributed by atoms with Crippen molar-refractivity contribution in [2.75, 3.05) is 26.2 Å². The number of hydrogen-bond acceptors (Lipinski definition) is 3. The Hall–Kier alpha value is -0.610. The van der Waals surface area contributed by atoms with Gasteiger partial charge in [0.1, 0.15) is 0 Å². The first-order valence-corrected chi connectivity index (χ1v) is 7.53. The molecule has 0 aliphatic rings. The maximum absolute atomic E-state index is 11.8. The molecule has 0 bridgehead atoms. The van der Waals surface area contributed by atoms with Crippen molar-refractivity contribution in [1.29, 1.82) is 0 Å².